The third-order valence-electron chi connectivity index (χ3n) is 2.61. The number of benzene rings is 1. The van der Waals surface area contributed by atoms with E-state index in [4.69, 9.17) is 21.4 Å². The Balaban J connectivity index is 2.91. The molecule has 0 bridgehead atoms. The highest BCUT2D eigenvalue weighted by Gasteiger charge is 2.20. The number of unbranched alkanes of at least 4 members (excludes halogenated alkanes) is 1. The molecule has 1 aromatic carbocycles. The molecule has 2 N–H and O–H groups in total. The van der Waals surface area contributed by atoms with Gasteiger partial charge in [0.2, 0.25) is 10.0 Å². The number of aromatic carboxylic acids is 1. The van der Waals surface area contributed by atoms with E-state index in [9.17, 15) is 13.2 Å². The van der Waals surface area contributed by atoms with Crippen LogP contribution in [0.25, 0.3) is 0 Å². The Morgan fingerprint density at radius 3 is 2.67 bits per heavy atom. The number of hydrogen-bond acceptors (Lipinski definition) is 4. The van der Waals surface area contributed by atoms with Crippen LogP contribution in [-0.2, 0) is 14.8 Å². The SMILES string of the molecule is COCCCCNS(=O)(=O)c1cc(Br)c(Cl)c(C(=O)O)c1. The summed E-state index contributed by atoms with van der Waals surface area (Å²) in [5.74, 6) is -1.29. The zero-order valence-electron chi connectivity index (χ0n) is 11.2. The molecule has 9 heteroatoms. The number of nitrogens with one attached hydrogen (secondary N) is 1. The van der Waals surface area contributed by atoms with Gasteiger partial charge in [-0.25, -0.2) is 17.9 Å². The van der Waals surface area contributed by atoms with Gasteiger partial charge in [0.15, 0.2) is 0 Å². The fraction of sp³-hybridized carbons (Fsp3) is 0.417. The van der Waals surface area contributed by atoms with Crippen LogP contribution < -0.4 is 4.72 Å². The van der Waals surface area contributed by atoms with Crippen molar-refractivity contribution in [3.8, 4) is 0 Å². The Morgan fingerprint density at radius 2 is 2.10 bits per heavy atom. The lowest BCUT2D eigenvalue weighted by atomic mass is 10.2. The van der Waals surface area contributed by atoms with E-state index in [2.05, 4.69) is 20.7 Å². The minimum absolute atomic E-state index is 0.0402. The number of rotatable bonds is 8. The van der Waals surface area contributed by atoms with E-state index in [0.29, 0.717) is 13.0 Å². The second-order valence-electron chi connectivity index (χ2n) is 4.17. The molecule has 0 atom stereocenters. The number of sulfonamides is 1. The molecule has 0 saturated heterocycles. The van der Waals surface area contributed by atoms with Crippen LogP contribution in [0.5, 0.6) is 0 Å². The lowest BCUT2D eigenvalue weighted by Crippen LogP contribution is -2.25. The molecule has 118 valence electrons. The van der Waals surface area contributed by atoms with Crippen molar-refractivity contribution in [2.24, 2.45) is 0 Å². The van der Waals surface area contributed by atoms with Gasteiger partial charge in [0, 0.05) is 24.7 Å². The largest absolute Gasteiger partial charge is 0.478 e. The van der Waals surface area contributed by atoms with Crippen LogP contribution in [0.3, 0.4) is 0 Å². The monoisotopic (exact) mass is 399 g/mol. The quantitative estimate of drug-likeness (QED) is 0.654. The van der Waals surface area contributed by atoms with Gasteiger partial charge in [-0.15, -0.1) is 0 Å². The highest BCUT2D eigenvalue weighted by atomic mass is 79.9. The normalized spacial score (nSPS) is 11.6. The lowest BCUT2D eigenvalue weighted by Gasteiger charge is -2.09. The Kier molecular flexibility index (Phi) is 7.08. The molecule has 0 amide bonds. The van der Waals surface area contributed by atoms with E-state index in [1.165, 1.54) is 6.07 Å². The van der Waals surface area contributed by atoms with E-state index in [1.807, 2.05) is 0 Å². The Bertz CT molecular complexity index is 620. The topological polar surface area (TPSA) is 92.7 Å². The van der Waals surface area contributed by atoms with Crippen LogP contribution in [0, 0.1) is 0 Å². The van der Waals surface area contributed by atoms with Crippen LogP contribution in [-0.4, -0.2) is 39.8 Å². The third-order valence-corrected chi connectivity index (χ3v) is 5.31. The van der Waals surface area contributed by atoms with Gasteiger partial charge < -0.3 is 9.84 Å². The van der Waals surface area contributed by atoms with Crippen LogP contribution in [0.2, 0.25) is 5.02 Å². The smallest absolute Gasteiger partial charge is 0.337 e. The van der Waals surface area contributed by atoms with E-state index in [1.54, 1.807) is 7.11 Å². The fourth-order valence-electron chi connectivity index (χ4n) is 1.54. The zero-order chi connectivity index (χ0) is 16.0. The summed E-state index contributed by atoms with van der Waals surface area (Å²) >= 11 is 8.87. The first kappa shape index (κ1) is 18.4. The second kappa shape index (κ2) is 8.09. The summed E-state index contributed by atoms with van der Waals surface area (Å²) in [4.78, 5) is 10.9. The van der Waals surface area contributed by atoms with Crippen molar-refractivity contribution < 1.29 is 23.1 Å². The molecule has 0 unspecified atom stereocenters. The van der Waals surface area contributed by atoms with Crippen LogP contribution in [0.1, 0.15) is 23.2 Å². The summed E-state index contributed by atoms with van der Waals surface area (Å²) in [5, 5.41) is 8.98. The third kappa shape index (κ3) is 5.23. The van der Waals surface area contributed by atoms with E-state index < -0.39 is 16.0 Å². The van der Waals surface area contributed by atoms with Crippen molar-refractivity contribution in [3.63, 3.8) is 0 Å². The molecule has 6 nitrogen and oxygen atoms in total. The minimum atomic E-state index is -3.79. The van der Waals surface area contributed by atoms with Crippen molar-refractivity contribution in [1.29, 1.82) is 0 Å². The number of halogens is 2. The summed E-state index contributed by atoms with van der Waals surface area (Å²) in [5.41, 5.74) is -0.272. The van der Waals surface area contributed by atoms with Crippen molar-refractivity contribution in [1.82, 2.24) is 4.72 Å². The summed E-state index contributed by atoms with van der Waals surface area (Å²) in [7, 11) is -2.21. The molecule has 0 aliphatic carbocycles. The maximum absolute atomic E-state index is 12.1. The molecular weight excluding hydrogens is 386 g/mol. The highest BCUT2D eigenvalue weighted by Crippen LogP contribution is 2.29. The number of carboxylic acid groups (broad SMARTS) is 1. The molecule has 0 saturated carbocycles. The molecule has 0 aromatic heterocycles. The maximum Gasteiger partial charge on any atom is 0.337 e. The first-order valence-electron chi connectivity index (χ1n) is 6.00. The predicted molar refractivity (Wildman–Crippen MR) is 82.4 cm³/mol. The van der Waals surface area contributed by atoms with Crippen molar-refractivity contribution in [2.45, 2.75) is 17.7 Å². The van der Waals surface area contributed by atoms with Crippen LogP contribution in [0.4, 0.5) is 0 Å². The second-order valence-corrected chi connectivity index (χ2v) is 7.17. The van der Waals surface area contributed by atoms with E-state index in [0.717, 1.165) is 12.5 Å². The summed E-state index contributed by atoms with van der Waals surface area (Å²) in [6, 6.07) is 2.30. The standard InChI is InChI=1S/C12H15BrClNO5S/c1-20-5-3-2-4-15-21(18,19)8-6-9(12(16)17)11(14)10(13)7-8/h6-7,15H,2-5H2,1H3,(H,16,17). The average molecular weight is 401 g/mol. The van der Waals surface area contributed by atoms with Crippen molar-refractivity contribution in [2.75, 3.05) is 20.3 Å². The van der Waals surface area contributed by atoms with Crippen LogP contribution >= 0.6 is 27.5 Å². The van der Waals surface area contributed by atoms with Gasteiger partial charge in [-0.3, -0.25) is 0 Å². The molecule has 0 fully saturated rings. The number of carboxylic acids is 1. The highest BCUT2D eigenvalue weighted by molar-refractivity contribution is 9.10. The molecule has 1 aromatic rings. The Labute approximate surface area is 136 Å². The fourth-order valence-corrected chi connectivity index (χ4v) is 3.46. The van der Waals surface area contributed by atoms with Gasteiger partial charge >= 0.3 is 5.97 Å². The first-order valence-corrected chi connectivity index (χ1v) is 8.66. The van der Waals surface area contributed by atoms with Gasteiger partial charge in [0.05, 0.1) is 15.5 Å². The first-order chi connectivity index (χ1) is 9.79. The number of carbonyl (C=O) groups is 1. The van der Waals surface area contributed by atoms with Gasteiger partial charge in [-0.1, -0.05) is 11.6 Å². The summed E-state index contributed by atoms with van der Waals surface area (Å²) < 4.78 is 31.7. The molecule has 0 spiro atoms. The molecular formula is C12H15BrClNO5S. The molecule has 0 aliphatic rings. The van der Waals surface area contributed by atoms with Gasteiger partial charge in [0.1, 0.15) is 0 Å². The number of hydrogen-bond donors (Lipinski definition) is 2. The molecule has 1 rings (SSSR count). The van der Waals surface area contributed by atoms with E-state index in [-0.39, 0.29) is 26.5 Å². The molecule has 0 heterocycles. The zero-order valence-corrected chi connectivity index (χ0v) is 14.4. The van der Waals surface area contributed by atoms with Crippen LogP contribution in [0.15, 0.2) is 21.5 Å². The van der Waals surface area contributed by atoms with Gasteiger partial charge in [-0.2, -0.15) is 0 Å². The summed E-state index contributed by atoms with van der Waals surface area (Å²) in [6.45, 7) is 0.797. The molecule has 0 radical (unpaired) electrons. The predicted octanol–water partition coefficient (Wildman–Crippen LogP) is 2.51. The minimum Gasteiger partial charge on any atom is -0.478 e. The Hall–Kier alpha value is -0.670. The molecule has 21 heavy (non-hydrogen) atoms. The van der Waals surface area contributed by atoms with Crippen molar-refractivity contribution >= 4 is 43.5 Å². The lowest BCUT2D eigenvalue weighted by molar-refractivity contribution is 0.0696. The summed E-state index contributed by atoms with van der Waals surface area (Å²) in [6.07, 6.45) is 1.34. The number of ether oxygens (including phenoxy) is 1. The maximum atomic E-state index is 12.1. The van der Waals surface area contributed by atoms with Crippen molar-refractivity contribution in [3.05, 3.63) is 27.2 Å². The Morgan fingerprint density at radius 1 is 1.43 bits per heavy atom. The van der Waals surface area contributed by atoms with E-state index >= 15 is 0 Å². The molecule has 0 aliphatic heterocycles. The van der Waals surface area contributed by atoms with Gasteiger partial charge in [0.25, 0.3) is 0 Å². The number of methoxy groups -OCH3 is 1. The average Bonchev–Trinajstić information content (AvgIpc) is 2.40. The van der Waals surface area contributed by atoms with Gasteiger partial charge in [-0.05, 0) is 40.9 Å².